The van der Waals surface area contributed by atoms with E-state index >= 15 is 0 Å². The minimum atomic E-state index is -0.977. The lowest BCUT2D eigenvalue weighted by molar-refractivity contribution is -0.143. The fourth-order valence-corrected chi connectivity index (χ4v) is 6.35. The van der Waals surface area contributed by atoms with Crippen LogP contribution in [0.2, 0.25) is 0 Å². The average Bonchev–Trinajstić information content (AvgIpc) is 3.48. The lowest BCUT2D eigenvalue weighted by atomic mass is 9.62. The second-order valence-electron chi connectivity index (χ2n) is 11.3. The first-order valence-electron chi connectivity index (χ1n) is 13.9. The Bertz CT molecular complexity index is 1240. The van der Waals surface area contributed by atoms with Crippen molar-refractivity contribution in [1.82, 2.24) is 20.2 Å². The molecule has 5 N–H and O–H groups in total. The Morgan fingerprint density at radius 1 is 1.26 bits per heavy atom. The monoisotopic (exact) mass is 539 g/mol. The highest BCUT2D eigenvalue weighted by molar-refractivity contribution is 6.17. The van der Waals surface area contributed by atoms with Crippen LogP contribution in [0.4, 0.5) is 10.2 Å². The number of nitrogens with zero attached hydrogens (tertiary/aromatic N) is 4. The van der Waals surface area contributed by atoms with Crippen LogP contribution < -0.4 is 21.5 Å². The highest BCUT2D eigenvalue weighted by Gasteiger charge is 2.49. The van der Waals surface area contributed by atoms with Gasteiger partial charge in [0.25, 0.3) is 0 Å². The highest BCUT2D eigenvalue weighted by Crippen LogP contribution is 2.45. The predicted octanol–water partition coefficient (Wildman–Crippen LogP) is 2.36. The summed E-state index contributed by atoms with van der Waals surface area (Å²) in [5.41, 5.74) is 13.8. The van der Waals surface area contributed by atoms with Crippen LogP contribution in [0.25, 0.3) is 5.70 Å². The van der Waals surface area contributed by atoms with Gasteiger partial charge in [-0.2, -0.15) is 4.98 Å². The smallest absolute Gasteiger partial charge is 0.219 e. The van der Waals surface area contributed by atoms with Gasteiger partial charge in [-0.05, 0) is 52.5 Å². The van der Waals surface area contributed by atoms with E-state index in [1.807, 2.05) is 18.9 Å². The summed E-state index contributed by atoms with van der Waals surface area (Å²) in [6, 6.07) is 1.48. The number of likely N-dealkylation sites (tertiary alicyclic amines) is 1. The molecule has 0 radical (unpaired) electrons. The largest absolute Gasteiger partial charge is 0.473 e. The molecule has 2 saturated carbocycles. The molecule has 2 aliphatic heterocycles. The van der Waals surface area contributed by atoms with Crippen molar-refractivity contribution >= 4 is 29.3 Å². The highest BCUT2D eigenvalue weighted by atomic mass is 19.1. The van der Waals surface area contributed by atoms with Crippen LogP contribution >= 0.6 is 0 Å². The summed E-state index contributed by atoms with van der Waals surface area (Å²) in [6.07, 6.45) is 5.15. The van der Waals surface area contributed by atoms with E-state index in [9.17, 15) is 14.0 Å². The summed E-state index contributed by atoms with van der Waals surface area (Å²) in [6.45, 7) is 3.43. The van der Waals surface area contributed by atoms with Crippen LogP contribution in [0.1, 0.15) is 64.1 Å². The molecule has 0 unspecified atom stereocenters. The van der Waals surface area contributed by atoms with Gasteiger partial charge < -0.3 is 21.5 Å². The second-order valence-corrected chi connectivity index (χ2v) is 11.3. The number of halogens is 1. The van der Waals surface area contributed by atoms with Crippen LogP contribution in [-0.2, 0) is 9.59 Å². The van der Waals surface area contributed by atoms with Gasteiger partial charge in [-0.15, -0.1) is 0 Å². The van der Waals surface area contributed by atoms with E-state index < -0.39 is 11.6 Å². The number of Topliss-reactive ketones (excluding diaryl/α,β-unsaturated/α-hetero) is 2. The number of ether oxygens (including phenoxy) is 1. The number of likely N-dealkylation sites (N-methyl/N-ethyl adjacent to an activating group) is 1. The van der Waals surface area contributed by atoms with Crippen molar-refractivity contribution in [2.45, 2.75) is 76.6 Å². The van der Waals surface area contributed by atoms with Crippen LogP contribution in [0.5, 0.6) is 5.88 Å². The van der Waals surface area contributed by atoms with E-state index in [-0.39, 0.29) is 41.1 Å². The third kappa shape index (κ3) is 5.47. The topological polar surface area (TPSA) is 149 Å². The Balaban J connectivity index is 1.50. The van der Waals surface area contributed by atoms with Crippen LogP contribution in [0.15, 0.2) is 27.9 Å². The van der Waals surface area contributed by atoms with Crippen LogP contribution in [0.3, 0.4) is 0 Å². The fraction of sp³-hybridized carbons (Fsp3) is 0.607. The van der Waals surface area contributed by atoms with Crippen molar-refractivity contribution in [3.63, 3.8) is 0 Å². The molecule has 1 aromatic rings. The first-order valence-corrected chi connectivity index (χ1v) is 13.9. The van der Waals surface area contributed by atoms with Gasteiger partial charge >= 0.3 is 0 Å². The molecule has 3 heterocycles. The Morgan fingerprint density at radius 3 is 2.74 bits per heavy atom. The number of nitrogens with one attached hydrogen (secondary N) is 1. The van der Waals surface area contributed by atoms with Gasteiger partial charge in [-0.1, -0.05) is 6.42 Å². The number of rotatable bonds is 6. The summed E-state index contributed by atoms with van der Waals surface area (Å²) in [5, 5.41) is 3.17. The molecule has 1 saturated heterocycles. The zero-order chi connectivity index (χ0) is 27.7. The minimum absolute atomic E-state index is 0.0174. The maximum absolute atomic E-state index is 14.0. The quantitative estimate of drug-likeness (QED) is 0.281. The van der Waals surface area contributed by atoms with Gasteiger partial charge in [0.1, 0.15) is 18.1 Å². The first kappa shape index (κ1) is 27.4. The fourth-order valence-electron chi connectivity index (χ4n) is 6.35. The molecule has 2 aliphatic carbocycles. The number of aliphatic imine (C=N–C) groups is 1. The van der Waals surface area contributed by atoms with Crippen LogP contribution in [0, 0.1) is 5.41 Å². The van der Waals surface area contributed by atoms with Gasteiger partial charge in [0.15, 0.2) is 17.4 Å². The molecule has 4 aliphatic rings. The zero-order valence-electron chi connectivity index (χ0n) is 22.7. The Hall–Kier alpha value is -3.18. The molecule has 10 nitrogen and oxygen atoms in total. The maximum atomic E-state index is 14.0. The molecular formula is C28H38FN7O3. The van der Waals surface area contributed by atoms with E-state index in [0.29, 0.717) is 75.2 Å². The van der Waals surface area contributed by atoms with Crippen molar-refractivity contribution in [2.24, 2.45) is 21.9 Å². The van der Waals surface area contributed by atoms with E-state index in [4.69, 9.17) is 16.2 Å². The molecule has 5 rings (SSSR count). The lowest BCUT2D eigenvalue weighted by Gasteiger charge is -2.38. The van der Waals surface area contributed by atoms with E-state index in [1.54, 1.807) is 12.3 Å². The third-order valence-electron chi connectivity index (χ3n) is 8.58. The molecule has 210 valence electrons. The van der Waals surface area contributed by atoms with Gasteiger partial charge in [0.2, 0.25) is 5.88 Å². The second kappa shape index (κ2) is 11.1. The number of carbonyl (C=O) groups excluding carboxylic acids is 2. The van der Waals surface area contributed by atoms with Crippen molar-refractivity contribution < 1.29 is 18.7 Å². The Morgan fingerprint density at radius 2 is 2.05 bits per heavy atom. The normalized spacial score (nSPS) is 30.5. The predicted molar refractivity (Wildman–Crippen MR) is 146 cm³/mol. The molecule has 1 aromatic heterocycles. The van der Waals surface area contributed by atoms with E-state index in [2.05, 4.69) is 20.3 Å². The molecular weight excluding hydrogens is 501 g/mol. The van der Waals surface area contributed by atoms with Crippen molar-refractivity contribution in [3.05, 3.63) is 28.7 Å². The molecule has 1 spiro atoms. The number of alkyl halides is 1. The van der Waals surface area contributed by atoms with Gasteiger partial charge in [0.05, 0.1) is 11.1 Å². The SMILES string of the molecule is C[C@H](Oc1cc(N=CC2=C(N)CNC2)nc(C(N)=C2CCC[C@@]3(CCCCC3=O)C2=O)n1)[C@@H]1C[C@@H](F)CN1C. The summed E-state index contributed by atoms with van der Waals surface area (Å²) in [4.78, 5) is 42.2. The zero-order valence-corrected chi connectivity index (χ0v) is 22.7. The number of hydrogen-bond donors (Lipinski definition) is 3. The molecule has 0 aromatic carbocycles. The van der Waals surface area contributed by atoms with Crippen molar-refractivity contribution in [1.29, 1.82) is 0 Å². The Kier molecular flexibility index (Phi) is 7.82. The minimum Gasteiger partial charge on any atom is -0.473 e. The molecule has 11 heteroatoms. The lowest BCUT2D eigenvalue weighted by Crippen LogP contribution is -2.45. The number of aromatic nitrogens is 2. The maximum Gasteiger partial charge on any atom is 0.219 e. The molecule has 39 heavy (non-hydrogen) atoms. The summed E-state index contributed by atoms with van der Waals surface area (Å²) >= 11 is 0. The average molecular weight is 540 g/mol. The first-order chi connectivity index (χ1) is 18.7. The summed E-state index contributed by atoms with van der Waals surface area (Å²) < 4.78 is 20.2. The van der Waals surface area contributed by atoms with Gasteiger partial charge in [-0.3, -0.25) is 14.5 Å². The van der Waals surface area contributed by atoms with Gasteiger partial charge in [0, 0.05) is 61.2 Å². The summed E-state index contributed by atoms with van der Waals surface area (Å²) in [5.74, 6) is 0.486. The Labute approximate surface area is 228 Å². The van der Waals surface area contributed by atoms with Crippen molar-refractivity contribution in [2.75, 3.05) is 26.7 Å². The number of hydrogen-bond acceptors (Lipinski definition) is 10. The standard InChI is InChI=1S/C28H38FN7O3/c1-16(21-10-18(29)15-36(21)2)39-24-11-23(33-13-17-12-32-14-20(17)30)34-27(35-24)25(31)19-6-5-9-28(26(19)38)8-4-3-7-22(28)37/h11,13,16,18,21,32H,3-10,12,14-15,30-31H2,1-2H3/t16-,18+,21-,28+/m0/s1. The van der Waals surface area contributed by atoms with Crippen LogP contribution in [-0.4, -0.2) is 77.6 Å². The third-order valence-corrected chi connectivity index (χ3v) is 8.58. The molecule has 3 fully saturated rings. The van der Waals surface area contributed by atoms with E-state index in [0.717, 1.165) is 18.4 Å². The van der Waals surface area contributed by atoms with E-state index in [1.165, 1.54) is 0 Å². The van der Waals surface area contributed by atoms with Gasteiger partial charge in [-0.25, -0.2) is 14.4 Å². The number of allylic oxidation sites excluding steroid dienone is 1. The number of ketones is 2. The molecule has 0 bridgehead atoms. The number of carbonyl (C=O) groups is 2. The summed E-state index contributed by atoms with van der Waals surface area (Å²) in [7, 11) is 1.87. The molecule has 0 amide bonds. The molecule has 4 atom stereocenters. The van der Waals surface area contributed by atoms with Crippen molar-refractivity contribution in [3.8, 4) is 5.88 Å². The number of nitrogens with two attached hydrogens (primary N) is 2.